The summed E-state index contributed by atoms with van der Waals surface area (Å²) in [7, 11) is 0. The van der Waals surface area contributed by atoms with Crippen molar-refractivity contribution in [2.75, 3.05) is 26.2 Å². The first-order chi connectivity index (χ1) is 13.0. The highest BCUT2D eigenvalue weighted by molar-refractivity contribution is 14.0. The summed E-state index contributed by atoms with van der Waals surface area (Å²) >= 11 is 0. The highest BCUT2D eigenvalue weighted by atomic mass is 127. The highest BCUT2D eigenvalue weighted by Crippen LogP contribution is 2.32. The van der Waals surface area contributed by atoms with Crippen LogP contribution in [0.4, 0.5) is 0 Å². The predicted molar refractivity (Wildman–Crippen MR) is 122 cm³/mol. The zero-order valence-electron chi connectivity index (χ0n) is 16.7. The van der Waals surface area contributed by atoms with E-state index in [0.717, 1.165) is 37.6 Å². The number of nitrogens with zero attached hydrogens (tertiary/aromatic N) is 1. The lowest BCUT2D eigenvalue weighted by atomic mass is 9.93. The molecule has 2 unspecified atom stereocenters. The van der Waals surface area contributed by atoms with E-state index in [2.05, 4.69) is 21.7 Å². The molecule has 28 heavy (non-hydrogen) atoms. The maximum absolute atomic E-state index is 10.7. The largest absolute Gasteiger partial charge is 0.493 e. The van der Waals surface area contributed by atoms with Gasteiger partial charge in [-0.2, -0.15) is 0 Å². The number of nitrogens with one attached hydrogen (secondary N) is 2. The molecule has 0 fully saturated rings. The van der Waals surface area contributed by atoms with Crippen LogP contribution in [0.3, 0.4) is 0 Å². The Morgan fingerprint density at radius 1 is 1.25 bits per heavy atom. The fourth-order valence-corrected chi connectivity index (χ4v) is 3.22. The van der Waals surface area contributed by atoms with E-state index < -0.39 is 5.60 Å². The summed E-state index contributed by atoms with van der Waals surface area (Å²) in [5.41, 5.74) is 0.0761. The number of aryl methyl sites for hydroxylation is 1. The van der Waals surface area contributed by atoms with E-state index in [1.165, 1.54) is 5.56 Å². The normalized spacial score (nSPS) is 18.3. The molecular weight excluding hydrogens is 469 g/mol. The van der Waals surface area contributed by atoms with Gasteiger partial charge in [-0.1, -0.05) is 18.2 Å². The Hall–Kier alpha value is -1.74. The second-order valence-electron chi connectivity index (χ2n) is 7.13. The Bertz CT molecular complexity index is 789. The fraction of sp³-hybridized carbons (Fsp3) is 0.476. The van der Waals surface area contributed by atoms with Gasteiger partial charge in [0.1, 0.15) is 22.9 Å². The Kier molecular flexibility index (Phi) is 8.18. The predicted octanol–water partition coefficient (Wildman–Crippen LogP) is 3.53. The van der Waals surface area contributed by atoms with Crippen LogP contribution in [0, 0.1) is 6.92 Å². The second-order valence-corrected chi connectivity index (χ2v) is 7.13. The van der Waals surface area contributed by atoms with Gasteiger partial charge in [-0.25, -0.2) is 4.99 Å². The number of guanidine groups is 1. The van der Waals surface area contributed by atoms with E-state index in [-0.39, 0.29) is 30.5 Å². The van der Waals surface area contributed by atoms with Gasteiger partial charge in [0.15, 0.2) is 5.96 Å². The van der Waals surface area contributed by atoms with E-state index in [1.807, 2.05) is 38.1 Å². The van der Waals surface area contributed by atoms with Crippen LogP contribution in [-0.2, 0) is 5.60 Å². The number of ether oxygens (including phenoxy) is 1. The molecule has 6 nitrogen and oxygen atoms in total. The monoisotopic (exact) mass is 499 g/mol. The first kappa shape index (κ1) is 22.5. The smallest absolute Gasteiger partial charge is 0.191 e. The van der Waals surface area contributed by atoms with Gasteiger partial charge in [-0.05, 0) is 51.0 Å². The van der Waals surface area contributed by atoms with Crippen molar-refractivity contribution in [1.29, 1.82) is 0 Å². The minimum atomic E-state index is -1.15. The second kappa shape index (κ2) is 10.2. The van der Waals surface area contributed by atoms with E-state index in [0.29, 0.717) is 17.6 Å². The maximum Gasteiger partial charge on any atom is 0.191 e. The highest BCUT2D eigenvalue weighted by Gasteiger charge is 2.27. The summed E-state index contributed by atoms with van der Waals surface area (Å²) in [6.07, 6.45) is 0.965. The van der Waals surface area contributed by atoms with Crippen LogP contribution >= 0.6 is 24.0 Å². The molecule has 0 saturated heterocycles. The average molecular weight is 499 g/mol. The van der Waals surface area contributed by atoms with Crippen LogP contribution in [0.25, 0.3) is 0 Å². The number of benzene rings is 1. The Morgan fingerprint density at radius 2 is 2.04 bits per heavy atom. The summed E-state index contributed by atoms with van der Waals surface area (Å²) in [4.78, 5) is 4.56. The molecule has 0 spiro atoms. The van der Waals surface area contributed by atoms with Crippen molar-refractivity contribution in [3.8, 4) is 5.75 Å². The van der Waals surface area contributed by atoms with E-state index >= 15 is 0 Å². The van der Waals surface area contributed by atoms with Crippen molar-refractivity contribution in [2.24, 2.45) is 4.99 Å². The quantitative estimate of drug-likeness (QED) is 0.322. The van der Waals surface area contributed by atoms with Gasteiger partial charge in [-0.3, -0.25) is 0 Å². The summed E-state index contributed by atoms with van der Waals surface area (Å²) in [5, 5.41) is 17.3. The van der Waals surface area contributed by atoms with Crippen LogP contribution in [0.1, 0.15) is 43.3 Å². The number of rotatable bonds is 6. The van der Waals surface area contributed by atoms with Gasteiger partial charge < -0.3 is 24.9 Å². The topological polar surface area (TPSA) is 79.0 Å². The molecule has 2 heterocycles. The van der Waals surface area contributed by atoms with Crippen LogP contribution in [0.5, 0.6) is 5.75 Å². The van der Waals surface area contributed by atoms with Crippen LogP contribution in [0.2, 0.25) is 0 Å². The molecule has 3 N–H and O–H groups in total. The van der Waals surface area contributed by atoms with Gasteiger partial charge in [0.2, 0.25) is 0 Å². The molecule has 0 saturated carbocycles. The van der Waals surface area contributed by atoms with Crippen LogP contribution in [0.15, 0.2) is 45.8 Å². The third-order valence-electron chi connectivity index (χ3n) is 4.76. The first-order valence-electron chi connectivity index (χ1n) is 9.53. The number of halogens is 1. The minimum Gasteiger partial charge on any atom is -0.493 e. The van der Waals surface area contributed by atoms with Crippen molar-refractivity contribution >= 4 is 29.9 Å². The van der Waals surface area contributed by atoms with Crippen molar-refractivity contribution in [2.45, 2.75) is 38.7 Å². The lowest BCUT2D eigenvalue weighted by Crippen LogP contribution is -2.41. The van der Waals surface area contributed by atoms with E-state index in [4.69, 9.17) is 9.15 Å². The number of hydrogen-bond acceptors (Lipinski definition) is 4. The molecular formula is C21H30IN3O3. The van der Waals surface area contributed by atoms with Gasteiger partial charge in [-0.15, -0.1) is 24.0 Å². The Morgan fingerprint density at radius 3 is 2.75 bits per heavy atom. The molecule has 2 aromatic rings. The SMILES string of the molecule is CCNC(=NCC(C)(O)c1ccc(C)o1)NCC1CCOc2ccccc21.I. The van der Waals surface area contributed by atoms with Gasteiger partial charge in [0.05, 0.1) is 13.2 Å². The van der Waals surface area contributed by atoms with E-state index in [9.17, 15) is 5.11 Å². The number of furan rings is 1. The van der Waals surface area contributed by atoms with Gasteiger partial charge in [0.25, 0.3) is 0 Å². The first-order valence-corrected chi connectivity index (χ1v) is 9.53. The Labute approximate surface area is 183 Å². The standard InChI is InChI=1S/C21H29N3O3.HI/c1-4-22-20(24-14-21(3,25)19-10-9-15(2)27-19)23-13-16-11-12-26-18-8-6-5-7-17(16)18;/h5-10,16,25H,4,11-14H2,1-3H3,(H2,22,23,24);1H. The lowest BCUT2D eigenvalue weighted by molar-refractivity contribution is 0.0428. The molecule has 1 aliphatic heterocycles. The molecule has 0 bridgehead atoms. The molecule has 154 valence electrons. The summed E-state index contributed by atoms with van der Waals surface area (Å²) in [6, 6.07) is 11.8. The molecule has 1 aromatic heterocycles. The van der Waals surface area contributed by atoms with E-state index in [1.54, 1.807) is 13.0 Å². The van der Waals surface area contributed by atoms with Gasteiger partial charge in [0, 0.05) is 19.0 Å². The van der Waals surface area contributed by atoms with Crippen molar-refractivity contribution in [3.63, 3.8) is 0 Å². The fourth-order valence-electron chi connectivity index (χ4n) is 3.22. The molecule has 0 amide bonds. The Balaban J connectivity index is 0.00000280. The molecule has 2 atom stereocenters. The van der Waals surface area contributed by atoms with Gasteiger partial charge >= 0.3 is 0 Å². The number of aliphatic imine (C=N–C) groups is 1. The maximum atomic E-state index is 10.7. The zero-order chi connectivity index (χ0) is 19.3. The summed E-state index contributed by atoms with van der Waals surface area (Å²) in [6.45, 7) is 8.04. The number of fused-ring (bicyclic) bond motifs is 1. The zero-order valence-corrected chi connectivity index (χ0v) is 19.0. The van der Waals surface area contributed by atoms with Crippen molar-refractivity contribution < 1.29 is 14.3 Å². The molecule has 1 aliphatic rings. The average Bonchev–Trinajstić information content (AvgIpc) is 3.11. The summed E-state index contributed by atoms with van der Waals surface area (Å²) in [5.74, 6) is 3.32. The molecule has 0 radical (unpaired) electrons. The van der Waals surface area contributed by atoms with Crippen molar-refractivity contribution in [3.05, 3.63) is 53.5 Å². The van der Waals surface area contributed by atoms with Crippen LogP contribution < -0.4 is 15.4 Å². The molecule has 0 aliphatic carbocycles. The molecule has 1 aromatic carbocycles. The van der Waals surface area contributed by atoms with Crippen molar-refractivity contribution in [1.82, 2.24) is 10.6 Å². The van der Waals surface area contributed by atoms with Crippen LogP contribution in [-0.4, -0.2) is 37.3 Å². The molecule has 3 rings (SSSR count). The third kappa shape index (κ3) is 5.64. The number of aliphatic hydroxyl groups is 1. The summed E-state index contributed by atoms with van der Waals surface area (Å²) < 4.78 is 11.3. The minimum absolute atomic E-state index is 0. The number of para-hydroxylation sites is 1. The number of hydrogen-bond donors (Lipinski definition) is 3. The molecule has 7 heteroatoms. The lowest BCUT2D eigenvalue weighted by Gasteiger charge is -2.27. The third-order valence-corrected chi connectivity index (χ3v) is 4.76.